The fraction of sp³-hybridized carbons (Fsp3) is 0.506. The highest BCUT2D eigenvalue weighted by Gasteiger charge is 2.37. The molecule has 0 aliphatic carbocycles. The van der Waals surface area contributed by atoms with Gasteiger partial charge in [-0.25, -0.2) is 0 Å². The van der Waals surface area contributed by atoms with Crippen LogP contribution in [0.4, 0.5) is 0 Å². The summed E-state index contributed by atoms with van der Waals surface area (Å²) in [5.41, 5.74) is 39.6. The van der Waals surface area contributed by atoms with Crippen LogP contribution in [0.3, 0.4) is 0 Å². The number of amides is 11. The van der Waals surface area contributed by atoms with Crippen LogP contribution in [0.2, 0.25) is 0 Å². The summed E-state index contributed by atoms with van der Waals surface area (Å²) < 4.78 is 0. The van der Waals surface area contributed by atoms with Gasteiger partial charge in [-0.15, -0.1) is 0 Å². The summed E-state index contributed by atoms with van der Waals surface area (Å²) in [7, 11) is 0. The topological polar surface area (TPSA) is 496 Å². The highest BCUT2D eigenvalue weighted by molar-refractivity contribution is 6.00. The van der Waals surface area contributed by atoms with E-state index in [9.17, 15) is 33.6 Å². The Morgan fingerprint density at radius 2 is 0.620 bits per heavy atom. The van der Waals surface area contributed by atoms with Gasteiger partial charge in [0.15, 0.2) is 0 Å². The van der Waals surface area contributed by atoms with E-state index in [0.29, 0.717) is 87.7 Å². The van der Waals surface area contributed by atoms with Gasteiger partial charge in [-0.1, -0.05) is 125 Å². The van der Waals surface area contributed by atoms with E-state index in [4.69, 9.17) is 34.4 Å². The van der Waals surface area contributed by atoms with Crippen LogP contribution in [0.15, 0.2) is 122 Å². The summed E-state index contributed by atoms with van der Waals surface area (Å²) in [6.07, 6.45) is 7.79. The normalized spacial score (nSPS) is 14.5. The third kappa shape index (κ3) is 28.6. The van der Waals surface area contributed by atoms with Crippen LogP contribution in [0.5, 0.6) is 0 Å². The lowest BCUT2D eigenvalue weighted by Crippen LogP contribution is -2.61. The number of carbonyl (C=O) groups excluding carboxylic acids is 11. The summed E-state index contributed by atoms with van der Waals surface area (Å²) >= 11 is 0. The Balaban J connectivity index is 1.27. The minimum atomic E-state index is -1.40. The molecular weight excluding hydrogens is 1380 g/mol. The number of para-hydroxylation sites is 2. The molecule has 29 nitrogen and oxygen atoms in total. The quantitative estimate of drug-likeness (QED) is 0.0244. The number of aromatic nitrogens is 2. The van der Waals surface area contributed by atoms with Crippen molar-refractivity contribution in [3.05, 3.63) is 144 Å². The number of primary amides is 1. The van der Waals surface area contributed by atoms with Crippen molar-refractivity contribution in [1.82, 2.24) is 63.1 Å². The Bertz CT molecular complexity index is 3870. The van der Waals surface area contributed by atoms with Gasteiger partial charge >= 0.3 is 0 Å². The van der Waals surface area contributed by atoms with E-state index < -0.39 is 131 Å². The highest BCUT2D eigenvalue weighted by atomic mass is 16.2. The van der Waals surface area contributed by atoms with Gasteiger partial charge in [0.05, 0.1) is 6.04 Å². The molecule has 0 aliphatic rings. The van der Waals surface area contributed by atoms with E-state index in [-0.39, 0.29) is 82.6 Å². The zero-order chi connectivity index (χ0) is 78.7. The number of H-pyrrole nitrogens is 2. The van der Waals surface area contributed by atoms with E-state index in [1.165, 1.54) is 6.92 Å². The standard InChI is InChI=1S/C79H116N18O11/c1-48(2)40-64(93-71(100)57(84)42-51-24-8-6-9-25-51)76(105)91-62(34-18-22-38-82)74(103)97-68(45-54-47-87-59-31-15-13-29-56(54)59)79(108)94-65(41-49(3)4)77(106)95-66(43-52-26-10-7-11-27-52)78(107)92-63(35-19-23-39-83)73(102)96-67(44-53-46-86-58-30-14-12-28-55(53)58)75(104)88-50(5)70(99)90-61(33-17-21-37-81)72(101)89-60(69(85)98)32-16-20-36-80/h6-15,24-31,46-50,57,60-68,86-87H,16-23,32-45,80-84H2,1-5H3,(H2,85,98)(H,88,104)(H,89,101)(H,90,99)(H,91,105)(H,92,107)(H,93,100)(H,94,108)(H,95,106)(H,96,102)(H,97,103)/t50-,57-,60-,61-,62-,63-,64-,65-,66-,67-,68-/m0/s1. The number of unbranched alkanes of at least 4 members (excludes halogenated alkanes) is 4. The summed E-state index contributed by atoms with van der Waals surface area (Å²) in [5.74, 6) is -8.32. The van der Waals surface area contributed by atoms with Crippen LogP contribution < -0.4 is 87.6 Å². The molecule has 0 fully saturated rings. The number of hydrogen-bond donors (Lipinski definition) is 18. The minimum absolute atomic E-state index is 0.0182. The average Bonchev–Trinajstić information content (AvgIpc) is 1.66. The Hall–Kier alpha value is -10.1. The van der Waals surface area contributed by atoms with Crippen LogP contribution in [0, 0.1) is 11.8 Å². The molecule has 0 saturated heterocycles. The van der Waals surface area contributed by atoms with E-state index in [0.717, 1.165) is 27.4 Å². The molecule has 0 spiro atoms. The first-order valence-electron chi connectivity index (χ1n) is 37.9. The maximum absolute atomic E-state index is 15.2. The first-order chi connectivity index (χ1) is 51.8. The second-order valence-corrected chi connectivity index (χ2v) is 28.7. The molecule has 0 unspecified atom stereocenters. The molecule has 2 aromatic heterocycles. The predicted octanol–water partition coefficient (Wildman–Crippen LogP) is 2.21. The summed E-state index contributed by atoms with van der Waals surface area (Å²) in [6, 6.07) is 19.1. The van der Waals surface area contributed by atoms with Crippen LogP contribution in [-0.2, 0) is 78.4 Å². The van der Waals surface area contributed by atoms with Gasteiger partial charge < -0.3 is 97.5 Å². The number of carbonyl (C=O) groups is 11. The van der Waals surface area contributed by atoms with Gasteiger partial charge in [0, 0.05) is 53.5 Å². The van der Waals surface area contributed by atoms with Crippen molar-refractivity contribution < 1.29 is 52.7 Å². The molecule has 0 saturated carbocycles. The molecule has 588 valence electrons. The van der Waals surface area contributed by atoms with E-state index >= 15 is 19.2 Å². The maximum atomic E-state index is 15.2. The molecule has 29 heteroatoms. The number of nitrogens with two attached hydrogens (primary N) is 6. The van der Waals surface area contributed by atoms with Crippen molar-refractivity contribution in [2.24, 2.45) is 46.2 Å². The second kappa shape index (κ2) is 45.6. The van der Waals surface area contributed by atoms with Crippen LogP contribution in [-0.4, -0.2) is 168 Å². The molecule has 11 amide bonds. The molecule has 6 aromatic rings. The zero-order valence-electron chi connectivity index (χ0n) is 63.1. The lowest BCUT2D eigenvalue weighted by molar-refractivity contribution is -0.136. The third-order valence-electron chi connectivity index (χ3n) is 18.8. The first-order valence-corrected chi connectivity index (χ1v) is 37.9. The Morgan fingerprint density at radius 3 is 1.01 bits per heavy atom. The smallest absolute Gasteiger partial charge is 0.243 e. The molecule has 11 atom stereocenters. The molecule has 0 aliphatic heterocycles. The van der Waals surface area contributed by atoms with Gasteiger partial charge in [-0.3, -0.25) is 52.7 Å². The third-order valence-corrected chi connectivity index (χ3v) is 18.8. The fourth-order valence-electron chi connectivity index (χ4n) is 12.8. The minimum Gasteiger partial charge on any atom is -0.368 e. The zero-order valence-corrected chi connectivity index (χ0v) is 63.1. The number of nitrogens with one attached hydrogen (secondary N) is 12. The molecule has 24 N–H and O–H groups in total. The fourth-order valence-corrected chi connectivity index (χ4v) is 12.8. The van der Waals surface area contributed by atoms with Gasteiger partial charge in [0.2, 0.25) is 65.0 Å². The van der Waals surface area contributed by atoms with Crippen molar-refractivity contribution in [1.29, 1.82) is 0 Å². The largest absolute Gasteiger partial charge is 0.368 e. The molecule has 4 aromatic carbocycles. The number of benzene rings is 4. The first kappa shape index (κ1) is 86.8. The molecule has 0 bridgehead atoms. The second-order valence-electron chi connectivity index (χ2n) is 28.7. The lowest BCUT2D eigenvalue weighted by Gasteiger charge is -2.29. The number of fused-ring (bicyclic) bond motifs is 2. The Kier molecular flexibility index (Phi) is 36.6. The summed E-state index contributed by atoms with van der Waals surface area (Å²) in [5, 5.41) is 29.7. The summed E-state index contributed by atoms with van der Waals surface area (Å²) in [4.78, 5) is 165. The number of rotatable bonds is 49. The van der Waals surface area contributed by atoms with Crippen molar-refractivity contribution in [2.75, 3.05) is 26.2 Å². The molecule has 2 heterocycles. The number of hydrogen-bond acceptors (Lipinski definition) is 16. The molecule has 108 heavy (non-hydrogen) atoms. The summed E-state index contributed by atoms with van der Waals surface area (Å²) in [6.45, 7) is 10.1. The van der Waals surface area contributed by atoms with Crippen molar-refractivity contribution in [3.63, 3.8) is 0 Å². The van der Waals surface area contributed by atoms with Crippen LogP contribution in [0.25, 0.3) is 21.8 Å². The molecule has 6 rings (SSSR count). The highest BCUT2D eigenvalue weighted by Crippen LogP contribution is 2.23. The van der Waals surface area contributed by atoms with Crippen LogP contribution >= 0.6 is 0 Å². The SMILES string of the molecule is CC(C)C[C@H](NC(=O)[C@H](Cc1c[nH]c2ccccc12)NC(=O)[C@H](CCCCN)NC(=O)[C@H](CC(C)C)NC(=O)[C@@H](N)Cc1ccccc1)C(=O)N[C@@H](Cc1ccccc1)C(=O)N[C@@H](CCCCN)C(=O)N[C@@H](Cc1c[nH]c2ccccc12)C(=O)N[C@@H](C)C(=O)N[C@@H](CCCCN)C(=O)N[C@@H](CCCCN)C(N)=O. The lowest BCUT2D eigenvalue weighted by atomic mass is 9.98. The van der Waals surface area contributed by atoms with Crippen molar-refractivity contribution in [3.8, 4) is 0 Å². The number of aromatic amines is 2. The average molecular weight is 1490 g/mol. The predicted molar refractivity (Wildman–Crippen MR) is 417 cm³/mol. The Labute approximate surface area is 632 Å². The molecular formula is C79H116N18O11. The van der Waals surface area contributed by atoms with Gasteiger partial charge in [0.1, 0.15) is 60.4 Å². The Morgan fingerprint density at radius 1 is 0.324 bits per heavy atom. The van der Waals surface area contributed by atoms with E-state index in [1.807, 2.05) is 107 Å². The maximum Gasteiger partial charge on any atom is 0.243 e. The van der Waals surface area contributed by atoms with Crippen molar-refractivity contribution >= 4 is 86.8 Å². The van der Waals surface area contributed by atoms with Gasteiger partial charge in [-0.05, 0) is 176 Å². The van der Waals surface area contributed by atoms with Crippen LogP contribution in [0.1, 0.15) is 147 Å². The van der Waals surface area contributed by atoms with E-state index in [1.54, 1.807) is 42.7 Å². The van der Waals surface area contributed by atoms with Crippen molar-refractivity contribution in [2.45, 2.75) is 217 Å². The molecule has 0 radical (unpaired) electrons. The van der Waals surface area contributed by atoms with Gasteiger partial charge in [0.25, 0.3) is 0 Å². The monoisotopic (exact) mass is 1490 g/mol. The van der Waals surface area contributed by atoms with Gasteiger partial charge in [-0.2, -0.15) is 0 Å². The van der Waals surface area contributed by atoms with E-state index in [2.05, 4.69) is 63.1 Å².